The summed E-state index contributed by atoms with van der Waals surface area (Å²) in [6, 6.07) is 3.59. The Morgan fingerprint density at radius 1 is 1.32 bits per heavy atom. The molecule has 1 amide bonds. The zero-order valence-corrected chi connectivity index (χ0v) is 13.4. The molecule has 0 aliphatic carbocycles. The first kappa shape index (κ1) is 16.1. The van der Waals surface area contributed by atoms with Crippen LogP contribution in [0.5, 0.6) is 0 Å². The highest BCUT2D eigenvalue weighted by molar-refractivity contribution is 5.95. The van der Waals surface area contributed by atoms with Crippen LogP contribution in [0.4, 0.5) is 0 Å². The second-order valence-corrected chi connectivity index (χ2v) is 5.60. The van der Waals surface area contributed by atoms with Gasteiger partial charge in [-0.15, -0.1) is 4.80 Å². The fourth-order valence-corrected chi connectivity index (χ4v) is 2.40. The van der Waals surface area contributed by atoms with E-state index in [0.717, 1.165) is 5.69 Å². The Hall–Kier alpha value is -2.28. The number of rotatable bonds is 5. The van der Waals surface area contributed by atoms with Crippen molar-refractivity contribution < 1.29 is 4.79 Å². The molecule has 0 aliphatic heterocycles. The van der Waals surface area contributed by atoms with Crippen LogP contribution >= 0.6 is 0 Å². The maximum atomic E-state index is 12.9. The molecule has 0 unspecified atom stereocenters. The first-order valence-corrected chi connectivity index (χ1v) is 7.27. The molecule has 0 aliphatic rings. The Morgan fingerprint density at radius 3 is 2.50 bits per heavy atom. The van der Waals surface area contributed by atoms with E-state index in [1.807, 2.05) is 26.8 Å². The smallest absolute Gasteiger partial charge is 0.274 e. The molecule has 2 rings (SSSR count). The van der Waals surface area contributed by atoms with E-state index in [2.05, 4.69) is 15.2 Å². The van der Waals surface area contributed by atoms with Gasteiger partial charge in [-0.05, 0) is 25.0 Å². The fraction of sp³-hybridized carbons (Fsp3) is 0.467. The molecule has 22 heavy (non-hydrogen) atoms. The molecule has 0 aromatic carbocycles. The molecule has 2 aromatic heterocycles. The van der Waals surface area contributed by atoms with Crippen LogP contribution in [0.1, 0.15) is 30.0 Å². The van der Waals surface area contributed by atoms with E-state index < -0.39 is 0 Å². The molecule has 1 atom stereocenters. The molecule has 2 heterocycles. The molecule has 7 nitrogen and oxygen atoms in total. The van der Waals surface area contributed by atoms with Crippen molar-refractivity contribution in [3.63, 3.8) is 0 Å². The minimum Gasteiger partial charge on any atom is -0.336 e. The summed E-state index contributed by atoms with van der Waals surface area (Å²) in [5.74, 6) is 0.0789. The third-order valence-electron chi connectivity index (χ3n) is 3.68. The van der Waals surface area contributed by atoms with Crippen molar-refractivity contribution in [1.82, 2.24) is 24.9 Å². The lowest BCUT2D eigenvalue weighted by Gasteiger charge is -2.30. The van der Waals surface area contributed by atoms with Gasteiger partial charge in [0.05, 0.1) is 12.4 Å². The Kier molecular flexibility index (Phi) is 4.87. The minimum absolute atomic E-state index is 0.0479. The second-order valence-electron chi connectivity index (χ2n) is 5.60. The number of nitrogens with zero attached hydrogens (tertiary/aromatic N) is 5. The zero-order valence-electron chi connectivity index (χ0n) is 13.4. The summed E-state index contributed by atoms with van der Waals surface area (Å²) in [5, 5.41) is 8.18. The molecule has 0 fully saturated rings. The number of pyridine rings is 1. The summed E-state index contributed by atoms with van der Waals surface area (Å²) < 4.78 is 0. The van der Waals surface area contributed by atoms with Gasteiger partial charge in [0.15, 0.2) is 5.69 Å². The summed E-state index contributed by atoms with van der Waals surface area (Å²) in [7, 11) is 1.75. The first-order valence-electron chi connectivity index (χ1n) is 7.27. The largest absolute Gasteiger partial charge is 0.336 e. The van der Waals surface area contributed by atoms with Crippen molar-refractivity contribution >= 4 is 5.91 Å². The van der Waals surface area contributed by atoms with Gasteiger partial charge in [0.1, 0.15) is 5.69 Å². The number of hydrogen-bond acceptors (Lipinski definition) is 5. The number of aryl methyl sites for hydroxylation is 1. The van der Waals surface area contributed by atoms with Crippen molar-refractivity contribution in [3.8, 4) is 5.69 Å². The lowest BCUT2D eigenvalue weighted by molar-refractivity contribution is 0.0690. The molecule has 0 saturated carbocycles. The highest BCUT2D eigenvalue weighted by atomic mass is 16.2. The maximum absolute atomic E-state index is 12.9. The van der Waals surface area contributed by atoms with Crippen molar-refractivity contribution in [2.75, 3.05) is 13.6 Å². The molecule has 2 aromatic rings. The van der Waals surface area contributed by atoms with Crippen molar-refractivity contribution in [1.29, 1.82) is 0 Å². The van der Waals surface area contributed by atoms with Gasteiger partial charge >= 0.3 is 0 Å². The van der Waals surface area contributed by atoms with E-state index in [4.69, 9.17) is 5.73 Å². The second kappa shape index (κ2) is 6.65. The summed E-state index contributed by atoms with van der Waals surface area (Å²) in [5.41, 5.74) is 7.47. The molecule has 2 N–H and O–H groups in total. The first-order chi connectivity index (χ1) is 10.5. The van der Waals surface area contributed by atoms with Gasteiger partial charge in [-0.3, -0.25) is 4.79 Å². The number of carbonyl (C=O) groups is 1. The van der Waals surface area contributed by atoms with E-state index >= 15 is 0 Å². The van der Waals surface area contributed by atoms with E-state index in [1.165, 1.54) is 4.80 Å². The van der Waals surface area contributed by atoms with Crippen molar-refractivity contribution in [2.45, 2.75) is 26.8 Å². The quantitative estimate of drug-likeness (QED) is 0.890. The SMILES string of the molecule is Cc1ccc(-n2nccn2)c(C(=O)N(C)[C@H](CN)C(C)C)n1. The Balaban J connectivity index is 2.43. The molecule has 0 radical (unpaired) electrons. The highest BCUT2D eigenvalue weighted by Gasteiger charge is 2.26. The average Bonchev–Trinajstić information content (AvgIpc) is 3.00. The van der Waals surface area contributed by atoms with E-state index in [0.29, 0.717) is 17.9 Å². The van der Waals surface area contributed by atoms with Crippen LogP contribution in [0.2, 0.25) is 0 Å². The summed E-state index contributed by atoms with van der Waals surface area (Å²) in [6.45, 7) is 6.34. The number of hydrogen-bond donors (Lipinski definition) is 1. The molecule has 0 spiro atoms. The lowest BCUT2D eigenvalue weighted by Crippen LogP contribution is -2.45. The summed E-state index contributed by atoms with van der Waals surface area (Å²) >= 11 is 0. The maximum Gasteiger partial charge on any atom is 0.274 e. The van der Waals surface area contributed by atoms with Crippen LogP contribution in [-0.4, -0.2) is 50.4 Å². The topological polar surface area (TPSA) is 89.9 Å². The normalized spacial score (nSPS) is 12.5. The minimum atomic E-state index is -0.180. The van der Waals surface area contributed by atoms with Crippen LogP contribution < -0.4 is 5.73 Å². The van der Waals surface area contributed by atoms with Crippen LogP contribution in [0.25, 0.3) is 5.69 Å². The molecule has 0 saturated heterocycles. The van der Waals surface area contributed by atoms with Crippen LogP contribution in [0.15, 0.2) is 24.5 Å². The molecule has 0 bridgehead atoms. The van der Waals surface area contributed by atoms with Gasteiger partial charge in [0.25, 0.3) is 5.91 Å². The Morgan fingerprint density at radius 2 is 1.95 bits per heavy atom. The molecule has 7 heteroatoms. The van der Waals surface area contributed by atoms with Gasteiger partial charge in [-0.25, -0.2) is 4.98 Å². The van der Waals surface area contributed by atoms with Crippen LogP contribution in [-0.2, 0) is 0 Å². The van der Waals surface area contributed by atoms with Gasteiger partial charge in [0.2, 0.25) is 0 Å². The lowest BCUT2D eigenvalue weighted by atomic mass is 10.0. The van der Waals surface area contributed by atoms with Crippen LogP contribution in [0, 0.1) is 12.8 Å². The fourth-order valence-electron chi connectivity index (χ4n) is 2.40. The summed E-state index contributed by atoms with van der Waals surface area (Å²) in [6.07, 6.45) is 3.13. The highest BCUT2D eigenvalue weighted by Crippen LogP contribution is 2.17. The predicted octanol–water partition coefficient (Wildman–Crippen LogP) is 1.03. The molecular formula is C15H22N6O. The van der Waals surface area contributed by atoms with Crippen LogP contribution in [0.3, 0.4) is 0 Å². The molecular weight excluding hydrogens is 280 g/mol. The number of aromatic nitrogens is 4. The molecule has 118 valence electrons. The standard InChI is InChI=1S/C15H22N6O/c1-10(2)13(9-16)20(4)15(22)14-12(6-5-11(3)19-14)21-17-7-8-18-21/h5-8,10,13H,9,16H2,1-4H3/t13-/m1/s1. The monoisotopic (exact) mass is 302 g/mol. The van der Waals surface area contributed by atoms with Gasteiger partial charge in [0, 0.05) is 25.3 Å². The van der Waals surface area contributed by atoms with Crippen molar-refractivity contribution in [2.24, 2.45) is 11.7 Å². The zero-order chi connectivity index (χ0) is 16.3. The van der Waals surface area contributed by atoms with Gasteiger partial charge in [-0.2, -0.15) is 10.2 Å². The number of likely N-dealkylation sites (N-methyl/N-ethyl adjacent to an activating group) is 1. The predicted molar refractivity (Wildman–Crippen MR) is 83.7 cm³/mol. The number of carbonyl (C=O) groups excluding carboxylic acids is 1. The number of amides is 1. The average molecular weight is 302 g/mol. The summed E-state index contributed by atoms with van der Waals surface area (Å²) in [4.78, 5) is 20.3. The number of nitrogens with two attached hydrogens (primary N) is 1. The Bertz CT molecular complexity index is 637. The van der Waals surface area contributed by atoms with E-state index in [-0.39, 0.29) is 17.9 Å². The van der Waals surface area contributed by atoms with Gasteiger partial charge < -0.3 is 10.6 Å². The van der Waals surface area contributed by atoms with Gasteiger partial charge in [-0.1, -0.05) is 13.8 Å². The third kappa shape index (κ3) is 3.14. The van der Waals surface area contributed by atoms with E-state index in [1.54, 1.807) is 30.4 Å². The van der Waals surface area contributed by atoms with Crippen molar-refractivity contribution in [3.05, 3.63) is 35.9 Å². The van der Waals surface area contributed by atoms with E-state index in [9.17, 15) is 4.79 Å². The third-order valence-corrected chi connectivity index (χ3v) is 3.68. The Labute approximate surface area is 130 Å².